The second-order valence-electron chi connectivity index (χ2n) is 4.29. The van der Waals surface area contributed by atoms with Crippen molar-refractivity contribution in [2.75, 3.05) is 12.8 Å². The molecule has 5 nitrogen and oxygen atoms in total. The Morgan fingerprint density at radius 3 is 2.89 bits per heavy atom. The summed E-state index contributed by atoms with van der Waals surface area (Å²) in [6.45, 7) is 2.62. The second-order valence-corrected chi connectivity index (χ2v) is 5.24. The molecule has 0 saturated carbocycles. The minimum absolute atomic E-state index is 0.496. The van der Waals surface area contributed by atoms with Crippen LogP contribution in [0.15, 0.2) is 23.6 Å². The summed E-state index contributed by atoms with van der Waals surface area (Å²) >= 11 is 1.63. The summed E-state index contributed by atoms with van der Waals surface area (Å²) in [7, 11) is 1.65. The number of thiazole rings is 1. The van der Waals surface area contributed by atoms with Gasteiger partial charge in [-0.25, -0.2) is 9.97 Å². The Kier molecular flexibility index (Phi) is 2.87. The predicted molar refractivity (Wildman–Crippen MR) is 76.7 cm³/mol. The fraction of sp³-hybridized carbons (Fsp3) is 0.231. The van der Waals surface area contributed by atoms with E-state index in [1.165, 1.54) is 0 Å². The van der Waals surface area contributed by atoms with Crippen molar-refractivity contribution in [2.45, 2.75) is 13.5 Å². The quantitative estimate of drug-likeness (QED) is 0.796. The van der Waals surface area contributed by atoms with Crippen LogP contribution in [0.5, 0.6) is 5.75 Å². The maximum absolute atomic E-state index is 5.99. The van der Waals surface area contributed by atoms with Crippen LogP contribution in [0.1, 0.15) is 10.7 Å². The number of anilines is 1. The number of aryl methyl sites for hydroxylation is 1. The van der Waals surface area contributed by atoms with E-state index in [1.54, 1.807) is 18.4 Å². The summed E-state index contributed by atoms with van der Waals surface area (Å²) in [6.07, 6.45) is 0. The van der Waals surface area contributed by atoms with Crippen molar-refractivity contribution >= 4 is 28.3 Å². The number of benzene rings is 1. The molecule has 0 fully saturated rings. The molecule has 3 rings (SSSR count). The molecule has 3 aromatic rings. The Morgan fingerprint density at radius 2 is 2.21 bits per heavy atom. The highest BCUT2D eigenvalue weighted by Crippen LogP contribution is 2.24. The number of fused-ring (bicyclic) bond motifs is 1. The van der Waals surface area contributed by atoms with Crippen molar-refractivity contribution in [3.05, 3.63) is 34.3 Å². The van der Waals surface area contributed by atoms with E-state index in [4.69, 9.17) is 10.5 Å². The molecular weight excluding hydrogens is 260 g/mol. The Bertz CT molecular complexity index is 731. The molecule has 19 heavy (non-hydrogen) atoms. The first kappa shape index (κ1) is 12.0. The van der Waals surface area contributed by atoms with Gasteiger partial charge in [0.1, 0.15) is 10.8 Å². The number of hydrogen-bond donors (Lipinski definition) is 1. The number of hydrogen-bond acceptors (Lipinski definition) is 5. The smallest absolute Gasteiger partial charge is 0.201 e. The highest BCUT2D eigenvalue weighted by Gasteiger charge is 2.11. The Balaban J connectivity index is 2.08. The van der Waals surface area contributed by atoms with Gasteiger partial charge in [0, 0.05) is 17.1 Å². The van der Waals surface area contributed by atoms with Gasteiger partial charge in [-0.3, -0.25) is 0 Å². The van der Waals surface area contributed by atoms with Crippen molar-refractivity contribution < 1.29 is 4.74 Å². The maximum Gasteiger partial charge on any atom is 0.201 e. The maximum atomic E-state index is 5.99. The molecule has 0 bridgehead atoms. The lowest BCUT2D eigenvalue weighted by atomic mass is 10.3. The first-order valence-electron chi connectivity index (χ1n) is 5.88. The molecule has 98 valence electrons. The Hall–Kier alpha value is -2.08. The van der Waals surface area contributed by atoms with E-state index in [-0.39, 0.29) is 0 Å². The van der Waals surface area contributed by atoms with E-state index in [9.17, 15) is 0 Å². The van der Waals surface area contributed by atoms with E-state index in [2.05, 4.69) is 9.97 Å². The van der Waals surface area contributed by atoms with Crippen molar-refractivity contribution in [1.82, 2.24) is 14.5 Å². The van der Waals surface area contributed by atoms with Gasteiger partial charge in [0.25, 0.3) is 0 Å². The lowest BCUT2D eigenvalue weighted by Gasteiger charge is -2.05. The molecule has 0 atom stereocenters. The van der Waals surface area contributed by atoms with Gasteiger partial charge in [0.05, 0.1) is 24.7 Å². The highest BCUT2D eigenvalue weighted by molar-refractivity contribution is 7.09. The number of methoxy groups -OCH3 is 1. The molecule has 0 aliphatic heterocycles. The third-order valence-electron chi connectivity index (χ3n) is 2.94. The summed E-state index contributed by atoms with van der Waals surface area (Å²) in [5.41, 5.74) is 8.85. The molecule has 2 N–H and O–H groups in total. The number of aromatic nitrogens is 3. The van der Waals surface area contributed by atoms with Crippen LogP contribution in [-0.2, 0) is 6.54 Å². The fourth-order valence-corrected chi connectivity index (χ4v) is 2.78. The number of rotatable bonds is 3. The topological polar surface area (TPSA) is 66.0 Å². The zero-order chi connectivity index (χ0) is 13.4. The minimum atomic E-state index is 0.496. The van der Waals surface area contributed by atoms with Crippen LogP contribution in [0.25, 0.3) is 11.0 Å². The normalized spacial score (nSPS) is 11.1. The van der Waals surface area contributed by atoms with Gasteiger partial charge in [-0.15, -0.1) is 11.3 Å². The molecule has 0 saturated heterocycles. The minimum Gasteiger partial charge on any atom is -0.497 e. The number of nitrogen functional groups attached to an aromatic ring is 1. The number of imidazole rings is 1. The standard InChI is InChI=1S/C13H14N4OS/c1-8-7-19-12(15-8)6-17-11-5-9(18-2)3-4-10(11)16-13(17)14/h3-5,7H,6H2,1-2H3,(H2,14,16). The van der Waals surface area contributed by atoms with E-state index >= 15 is 0 Å². The van der Waals surface area contributed by atoms with Crippen LogP contribution in [0.4, 0.5) is 5.95 Å². The van der Waals surface area contributed by atoms with E-state index in [1.807, 2.05) is 35.1 Å². The van der Waals surface area contributed by atoms with Crippen LogP contribution in [0.3, 0.4) is 0 Å². The second kappa shape index (κ2) is 4.55. The van der Waals surface area contributed by atoms with Crippen LogP contribution in [-0.4, -0.2) is 21.6 Å². The van der Waals surface area contributed by atoms with Gasteiger partial charge in [0.2, 0.25) is 5.95 Å². The van der Waals surface area contributed by atoms with Crippen LogP contribution >= 0.6 is 11.3 Å². The first-order chi connectivity index (χ1) is 9.17. The molecular formula is C13H14N4OS. The third-order valence-corrected chi connectivity index (χ3v) is 3.90. The van der Waals surface area contributed by atoms with Gasteiger partial charge in [-0.2, -0.15) is 0 Å². The Labute approximate surface area is 114 Å². The fourth-order valence-electron chi connectivity index (χ4n) is 2.02. The van der Waals surface area contributed by atoms with E-state index in [0.717, 1.165) is 27.5 Å². The molecule has 2 aromatic heterocycles. The van der Waals surface area contributed by atoms with Gasteiger partial charge < -0.3 is 15.0 Å². The molecule has 0 aliphatic carbocycles. The molecule has 0 amide bonds. The SMILES string of the molecule is COc1ccc2nc(N)n(Cc3nc(C)cs3)c2c1. The van der Waals surface area contributed by atoms with Gasteiger partial charge in [0.15, 0.2) is 0 Å². The summed E-state index contributed by atoms with van der Waals surface area (Å²) in [5, 5.41) is 3.05. The summed E-state index contributed by atoms with van der Waals surface area (Å²) in [4.78, 5) is 8.81. The molecule has 0 aliphatic rings. The van der Waals surface area contributed by atoms with Crippen molar-refractivity contribution in [3.63, 3.8) is 0 Å². The molecule has 6 heteroatoms. The number of nitrogens with two attached hydrogens (primary N) is 1. The lowest BCUT2D eigenvalue weighted by molar-refractivity contribution is 0.415. The Morgan fingerprint density at radius 1 is 1.37 bits per heavy atom. The monoisotopic (exact) mass is 274 g/mol. The number of nitrogens with zero attached hydrogens (tertiary/aromatic N) is 3. The van der Waals surface area contributed by atoms with Gasteiger partial charge >= 0.3 is 0 Å². The highest BCUT2D eigenvalue weighted by atomic mass is 32.1. The molecule has 0 unspecified atom stereocenters. The zero-order valence-electron chi connectivity index (χ0n) is 10.8. The third kappa shape index (κ3) is 2.15. The van der Waals surface area contributed by atoms with Crippen molar-refractivity contribution in [2.24, 2.45) is 0 Å². The van der Waals surface area contributed by atoms with Crippen LogP contribution in [0.2, 0.25) is 0 Å². The predicted octanol–water partition coefficient (Wildman–Crippen LogP) is 2.44. The van der Waals surface area contributed by atoms with Crippen molar-refractivity contribution in [3.8, 4) is 5.75 Å². The molecule has 0 radical (unpaired) electrons. The molecule has 1 aromatic carbocycles. The van der Waals surface area contributed by atoms with Crippen LogP contribution < -0.4 is 10.5 Å². The van der Waals surface area contributed by atoms with Gasteiger partial charge in [-0.1, -0.05) is 0 Å². The zero-order valence-corrected chi connectivity index (χ0v) is 11.6. The largest absolute Gasteiger partial charge is 0.497 e. The molecule has 2 heterocycles. The van der Waals surface area contributed by atoms with Crippen molar-refractivity contribution in [1.29, 1.82) is 0 Å². The number of ether oxygens (including phenoxy) is 1. The summed E-state index contributed by atoms with van der Waals surface area (Å²) in [6, 6.07) is 5.74. The molecule has 0 spiro atoms. The van der Waals surface area contributed by atoms with Gasteiger partial charge in [-0.05, 0) is 19.1 Å². The average Bonchev–Trinajstić information content (AvgIpc) is 2.94. The van der Waals surface area contributed by atoms with Crippen LogP contribution in [0, 0.1) is 6.92 Å². The first-order valence-corrected chi connectivity index (χ1v) is 6.76. The lowest BCUT2D eigenvalue weighted by Crippen LogP contribution is -2.04. The average molecular weight is 274 g/mol. The van der Waals surface area contributed by atoms with E-state index in [0.29, 0.717) is 12.5 Å². The summed E-state index contributed by atoms with van der Waals surface area (Å²) in [5.74, 6) is 1.29. The van der Waals surface area contributed by atoms with E-state index < -0.39 is 0 Å². The summed E-state index contributed by atoms with van der Waals surface area (Å²) < 4.78 is 7.20.